The van der Waals surface area contributed by atoms with E-state index < -0.39 is 11.9 Å². The fourth-order valence-corrected chi connectivity index (χ4v) is 1.24. The number of aliphatic carboxylic acids is 2. The quantitative estimate of drug-likeness (QED) is 0.413. The second kappa shape index (κ2) is 7.77. The molecule has 8 heteroatoms. The van der Waals surface area contributed by atoms with Crippen LogP contribution in [0.3, 0.4) is 0 Å². The molecule has 0 atom stereocenters. The molecule has 1 aromatic rings. The Kier molecular flexibility index (Phi) is 6.76. The summed E-state index contributed by atoms with van der Waals surface area (Å²) in [6.45, 7) is 2.30. The lowest BCUT2D eigenvalue weighted by atomic mass is 10.1. The Labute approximate surface area is 108 Å². The summed E-state index contributed by atoms with van der Waals surface area (Å²) in [6, 6.07) is 5.09. The van der Waals surface area contributed by atoms with Crippen molar-refractivity contribution in [2.24, 2.45) is 5.73 Å². The first-order valence-corrected chi connectivity index (χ1v) is 5.19. The number of nitrogens with two attached hydrogens (primary N) is 1. The maximum Gasteiger partial charge on any atom is 0.414 e. The summed E-state index contributed by atoms with van der Waals surface area (Å²) >= 11 is 0. The Morgan fingerprint density at radius 2 is 1.84 bits per heavy atom. The maximum absolute atomic E-state index is 10.5. The highest BCUT2D eigenvalue weighted by molar-refractivity contribution is 6.27. The second-order valence-electron chi connectivity index (χ2n) is 3.53. The molecule has 8 nitrogen and oxygen atoms in total. The van der Waals surface area contributed by atoms with Gasteiger partial charge in [0.25, 0.3) is 5.69 Å². The zero-order valence-electron chi connectivity index (χ0n) is 10.2. The predicted molar refractivity (Wildman–Crippen MR) is 65.9 cm³/mol. The van der Waals surface area contributed by atoms with Crippen molar-refractivity contribution in [2.45, 2.75) is 13.3 Å². The van der Waals surface area contributed by atoms with Crippen molar-refractivity contribution in [2.75, 3.05) is 6.54 Å². The van der Waals surface area contributed by atoms with Gasteiger partial charge >= 0.3 is 11.9 Å². The Hall–Kier alpha value is -2.48. The minimum absolute atomic E-state index is 0.167. The van der Waals surface area contributed by atoms with Crippen molar-refractivity contribution >= 4 is 17.6 Å². The number of hydrogen-bond acceptors (Lipinski definition) is 5. The first kappa shape index (κ1) is 16.5. The van der Waals surface area contributed by atoms with E-state index in [-0.39, 0.29) is 10.6 Å². The third kappa shape index (κ3) is 6.13. The first-order valence-electron chi connectivity index (χ1n) is 5.19. The number of carbonyl (C=O) groups is 2. The molecule has 0 fully saturated rings. The van der Waals surface area contributed by atoms with Gasteiger partial charge in [0.1, 0.15) is 0 Å². The van der Waals surface area contributed by atoms with Crippen molar-refractivity contribution in [3.63, 3.8) is 0 Å². The maximum atomic E-state index is 10.5. The molecule has 0 unspecified atom stereocenters. The molecule has 0 aliphatic carbocycles. The number of carboxylic acid groups (broad SMARTS) is 2. The van der Waals surface area contributed by atoms with E-state index in [1.54, 1.807) is 13.0 Å². The normalized spacial score (nSPS) is 9.16. The SMILES string of the molecule is Cc1cc(CCN)ccc1[N+](=O)[O-].O=C(O)C(=O)O. The van der Waals surface area contributed by atoms with E-state index in [4.69, 9.17) is 25.5 Å². The molecular weight excluding hydrogens is 256 g/mol. The number of carboxylic acids is 2. The third-order valence-electron chi connectivity index (χ3n) is 2.07. The Bertz CT molecular complexity index is 474. The van der Waals surface area contributed by atoms with Crippen LogP contribution in [0.15, 0.2) is 18.2 Å². The summed E-state index contributed by atoms with van der Waals surface area (Å²) in [5.74, 6) is -3.65. The summed E-state index contributed by atoms with van der Waals surface area (Å²) in [7, 11) is 0. The van der Waals surface area contributed by atoms with Gasteiger partial charge in [0.2, 0.25) is 0 Å². The number of aryl methyl sites for hydroxylation is 1. The second-order valence-corrected chi connectivity index (χ2v) is 3.53. The molecule has 0 aliphatic rings. The van der Waals surface area contributed by atoms with Crippen LogP contribution in [0.5, 0.6) is 0 Å². The average Bonchev–Trinajstić information content (AvgIpc) is 2.29. The highest BCUT2D eigenvalue weighted by atomic mass is 16.6. The first-order chi connectivity index (χ1) is 8.79. The van der Waals surface area contributed by atoms with E-state index in [0.717, 1.165) is 12.0 Å². The van der Waals surface area contributed by atoms with E-state index in [1.807, 2.05) is 6.07 Å². The Morgan fingerprint density at radius 3 is 2.16 bits per heavy atom. The molecule has 0 aromatic heterocycles. The molecule has 0 bridgehead atoms. The van der Waals surface area contributed by atoms with Crippen molar-refractivity contribution in [1.29, 1.82) is 0 Å². The van der Waals surface area contributed by atoms with E-state index in [0.29, 0.717) is 12.1 Å². The lowest BCUT2D eigenvalue weighted by molar-refractivity contribution is -0.385. The van der Waals surface area contributed by atoms with Crippen LogP contribution >= 0.6 is 0 Å². The lowest BCUT2D eigenvalue weighted by Crippen LogP contribution is -2.09. The van der Waals surface area contributed by atoms with Gasteiger partial charge in [0.05, 0.1) is 4.92 Å². The van der Waals surface area contributed by atoms with Crippen molar-refractivity contribution < 1.29 is 24.7 Å². The molecule has 4 N–H and O–H groups in total. The minimum Gasteiger partial charge on any atom is -0.473 e. The monoisotopic (exact) mass is 270 g/mol. The summed E-state index contributed by atoms with van der Waals surface area (Å²) in [5.41, 5.74) is 7.28. The van der Waals surface area contributed by atoms with Crippen LogP contribution in [0.1, 0.15) is 11.1 Å². The van der Waals surface area contributed by atoms with Gasteiger partial charge < -0.3 is 15.9 Å². The van der Waals surface area contributed by atoms with E-state index in [1.165, 1.54) is 6.07 Å². The van der Waals surface area contributed by atoms with Crippen LogP contribution in [-0.2, 0) is 16.0 Å². The average molecular weight is 270 g/mol. The molecule has 0 spiro atoms. The van der Waals surface area contributed by atoms with E-state index in [2.05, 4.69) is 0 Å². The molecule has 0 saturated heterocycles. The Balaban J connectivity index is 0.000000459. The van der Waals surface area contributed by atoms with Crippen LogP contribution in [0.25, 0.3) is 0 Å². The summed E-state index contributed by atoms with van der Waals surface area (Å²) < 4.78 is 0. The van der Waals surface area contributed by atoms with E-state index >= 15 is 0 Å². The zero-order valence-corrected chi connectivity index (χ0v) is 10.2. The molecule has 104 valence electrons. The van der Waals surface area contributed by atoms with Gasteiger partial charge in [0, 0.05) is 11.6 Å². The predicted octanol–water partition coefficient (Wildman–Crippen LogP) is 0.560. The summed E-state index contributed by atoms with van der Waals surface area (Å²) in [5, 5.41) is 25.3. The van der Waals surface area contributed by atoms with Crippen molar-refractivity contribution in [1.82, 2.24) is 0 Å². The fourth-order valence-electron chi connectivity index (χ4n) is 1.24. The molecule has 0 aliphatic heterocycles. The van der Waals surface area contributed by atoms with Crippen LogP contribution in [0.2, 0.25) is 0 Å². The van der Waals surface area contributed by atoms with Crippen molar-refractivity contribution in [3.05, 3.63) is 39.4 Å². The molecule has 19 heavy (non-hydrogen) atoms. The van der Waals surface area contributed by atoms with Crippen LogP contribution in [-0.4, -0.2) is 33.6 Å². The van der Waals surface area contributed by atoms with Gasteiger partial charge in [-0.1, -0.05) is 6.07 Å². The fraction of sp³-hybridized carbons (Fsp3) is 0.273. The molecule has 0 amide bonds. The number of rotatable bonds is 3. The summed E-state index contributed by atoms with van der Waals surface area (Å²) in [6.07, 6.45) is 0.763. The standard InChI is InChI=1S/C9H12N2O2.C2H2O4/c1-7-6-8(4-5-10)2-3-9(7)11(12)13;3-1(4)2(5)6/h2-3,6H,4-5,10H2,1H3;(H,3,4)(H,5,6). The number of nitro groups is 1. The van der Waals surface area contributed by atoms with Crippen LogP contribution < -0.4 is 5.73 Å². The number of hydrogen-bond donors (Lipinski definition) is 3. The van der Waals surface area contributed by atoms with Gasteiger partial charge in [0.15, 0.2) is 0 Å². The molecular formula is C11H14N2O6. The third-order valence-corrected chi connectivity index (χ3v) is 2.07. The van der Waals surface area contributed by atoms with Crippen molar-refractivity contribution in [3.8, 4) is 0 Å². The highest BCUT2D eigenvalue weighted by Crippen LogP contribution is 2.18. The molecule has 0 saturated carbocycles. The lowest BCUT2D eigenvalue weighted by Gasteiger charge is -2.00. The number of nitrogens with zero attached hydrogens (tertiary/aromatic N) is 1. The van der Waals surface area contributed by atoms with Gasteiger partial charge in [-0.05, 0) is 31.5 Å². The summed E-state index contributed by atoms with van der Waals surface area (Å²) in [4.78, 5) is 28.3. The highest BCUT2D eigenvalue weighted by Gasteiger charge is 2.09. The van der Waals surface area contributed by atoms with Gasteiger partial charge in [-0.2, -0.15) is 0 Å². The van der Waals surface area contributed by atoms with Crippen LogP contribution in [0, 0.1) is 17.0 Å². The van der Waals surface area contributed by atoms with Gasteiger partial charge in [-0.3, -0.25) is 10.1 Å². The number of nitro benzene ring substituents is 1. The Morgan fingerprint density at radius 1 is 1.32 bits per heavy atom. The molecule has 0 radical (unpaired) electrons. The molecule has 0 heterocycles. The smallest absolute Gasteiger partial charge is 0.414 e. The van der Waals surface area contributed by atoms with E-state index in [9.17, 15) is 10.1 Å². The van der Waals surface area contributed by atoms with Gasteiger partial charge in [-0.25, -0.2) is 9.59 Å². The topological polar surface area (TPSA) is 144 Å². The van der Waals surface area contributed by atoms with Gasteiger partial charge in [-0.15, -0.1) is 0 Å². The molecule has 1 aromatic carbocycles. The zero-order chi connectivity index (χ0) is 15.0. The number of benzene rings is 1. The largest absolute Gasteiger partial charge is 0.473 e. The molecule has 1 rings (SSSR count). The van der Waals surface area contributed by atoms with Crippen LogP contribution in [0.4, 0.5) is 5.69 Å². The minimum atomic E-state index is -1.82.